The van der Waals surface area contributed by atoms with Gasteiger partial charge in [0.15, 0.2) is 23.5 Å². The van der Waals surface area contributed by atoms with Crippen LogP contribution in [0.5, 0.6) is 0 Å². The summed E-state index contributed by atoms with van der Waals surface area (Å²) in [7, 11) is 0. The largest absolute Gasteiger partial charge is 0.444 e. The van der Waals surface area contributed by atoms with Crippen molar-refractivity contribution in [2.45, 2.75) is 40.8 Å². The highest BCUT2D eigenvalue weighted by Gasteiger charge is 2.18. The van der Waals surface area contributed by atoms with Gasteiger partial charge in [0.1, 0.15) is 0 Å². The number of hydrogen-bond donors (Lipinski definition) is 4. The van der Waals surface area contributed by atoms with Crippen molar-refractivity contribution in [3.05, 3.63) is 132 Å². The predicted octanol–water partition coefficient (Wildman–Crippen LogP) is 9.09. The lowest BCUT2D eigenvalue weighted by atomic mass is 10.1. The quantitative estimate of drug-likeness (QED) is 0.0842. The number of hydrogen-bond acceptors (Lipinski definition) is 10. The average Bonchev–Trinajstić information content (AvgIpc) is 4.10. The molecule has 14 heteroatoms. The number of anilines is 2. The van der Waals surface area contributed by atoms with Crippen molar-refractivity contribution in [3.63, 3.8) is 0 Å². The minimum Gasteiger partial charge on any atom is -0.444 e. The van der Waals surface area contributed by atoms with Gasteiger partial charge in [-0.15, -0.1) is 11.3 Å². The first-order valence-corrected chi connectivity index (χ1v) is 20.2. The summed E-state index contributed by atoms with van der Waals surface area (Å²) in [5.74, 6) is 0.159. The number of rotatable bonds is 14. The third kappa shape index (κ3) is 9.37. The normalized spacial score (nSPS) is 11.3. The van der Waals surface area contributed by atoms with Gasteiger partial charge < -0.3 is 15.1 Å². The van der Waals surface area contributed by atoms with Crippen molar-refractivity contribution in [1.29, 1.82) is 0 Å². The maximum Gasteiger partial charge on any atom is 0.276 e. The number of nitrogens with one attached hydrogen (secondary N) is 4. The van der Waals surface area contributed by atoms with E-state index in [9.17, 15) is 9.59 Å². The molecular formula is C44H46N10O3S. The van der Waals surface area contributed by atoms with Crippen LogP contribution in [0.2, 0.25) is 0 Å². The molecule has 0 aliphatic rings. The fraction of sp³-hybridized carbons (Fsp3) is 0.227. The number of carbonyl (C=O) groups is 2. The molecule has 2 amide bonds. The highest BCUT2D eigenvalue weighted by Crippen LogP contribution is 2.29. The zero-order valence-electron chi connectivity index (χ0n) is 33.0. The van der Waals surface area contributed by atoms with Crippen molar-refractivity contribution in [2.24, 2.45) is 0 Å². The third-order valence-corrected chi connectivity index (χ3v) is 10.8. The molecule has 0 unspecified atom stereocenters. The number of thiazole rings is 1. The Morgan fingerprint density at radius 1 is 0.655 bits per heavy atom. The van der Waals surface area contributed by atoms with E-state index in [4.69, 9.17) is 4.42 Å². The molecule has 4 aromatic heterocycles. The Morgan fingerprint density at radius 2 is 1.19 bits per heavy atom. The molecule has 0 saturated heterocycles. The van der Waals surface area contributed by atoms with E-state index in [-0.39, 0.29) is 11.8 Å². The van der Waals surface area contributed by atoms with Crippen LogP contribution in [0.4, 0.5) is 11.4 Å². The molecule has 0 saturated carbocycles. The molecule has 58 heavy (non-hydrogen) atoms. The van der Waals surface area contributed by atoms with E-state index in [0.717, 1.165) is 94.0 Å². The van der Waals surface area contributed by atoms with Crippen molar-refractivity contribution in [1.82, 2.24) is 40.2 Å². The summed E-state index contributed by atoms with van der Waals surface area (Å²) in [4.78, 5) is 39.6. The summed E-state index contributed by atoms with van der Waals surface area (Å²) >= 11 is 1.57. The molecule has 0 fully saturated rings. The first-order chi connectivity index (χ1) is 28.3. The molecule has 0 aliphatic heterocycles. The Hall–Kier alpha value is -6.48. The fourth-order valence-electron chi connectivity index (χ4n) is 6.68. The zero-order chi connectivity index (χ0) is 40.4. The average molecular weight is 795 g/mol. The fourth-order valence-corrected chi connectivity index (χ4v) is 7.30. The van der Waals surface area contributed by atoms with Crippen LogP contribution in [0.25, 0.3) is 43.6 Å². The number of aromatic nitrogens is 6. The van der Waals surface area contributed by atoms with Gasteiger partial charge in [-0.3, -0.25) is 34.6 Å². The molecule has 8 aromatic rings. The van der Waals surface area contributed by atoms with Crippen LogP contribution in [-0.2, 0) is 13.1 Å². The molecule has 13 nitrogen and oxygen atoms in total. The SMILES string of the molecule is CCN(CC)Cc1cccc(NC(=O)c2n[nH]c3ccc(-c4cnco4)cc23)c1.CCN(CC)Cc1cccc(NC(=O)c2n[nH]c3ccc(-c4cncs4)cc23)c1. The maximum atomic E-state index is 12.9. The van der Waals surface area contributed by atoms with Crippen LogP contribution in [0, 0.1) is 0 Å². The maximum absolute atomic E-state index is 12.9. The number of amides is 2. The third-order valence-electron chi connectivity index (χ3n) is 9.96. The number of aromatic amines is 2. The van der Waals surface area contributed by atoms with Crippen LogP contribution in [0.15, 0.2) is 114 Å². The lowest BCUT2D eigenvalue weighted by Crippen LogP contribution is -2.22. The number of nitrogens with zero attached hydrogens (tertiary/aromatic N) is 6. The summed E-state index contributed by atoms with van der Waals surface area (Å²) in [6, 6.07) is 27.5. The lowest BCUT2D eigenvalue weighted by Gasteiger charge is -2.18. The lowest BCUT2D eigenvalue weighted by molar-refractivity contribution is 0.101. The molecule has 8 rings (SSSR count). The number of benzene rings is 4. The molecule has 0 bridgehead atoms. The summed E-state index contributed by atoms with van der Waals surface area (Å²) < 4.78 is 5.36. The number of H-pyrrole nitrogens is 2. The first-order valence-electron chi connectivity index (χ1n) is 19.3. The van der Waals surface area contributed by atoms with Crippen molar-refractivity contribution in [2.75, 3.05) is 36.8 Å². The highest BCUT2D eigenvalue weighted by atomic mass is 32.1. The molecule has 4 N–H and O–H groups in total. The number of carbonyl (C=O) groups excluding carboxylic acids is 2. The molecule has 296 valence electrons. The summed E-state index contributed by atoms with van der Waals surface area (Å²) in [5.41, 5.74) is 9.87. The Morgan fingerprint density at radius 3 is 1.67 bits per heavy atom. The Balaban J connectivity index is 0.000000177. The summed E-state index contributed by atoms with van der Waals surface area (Å²) in [5, 5.41) is 21.8. The second-order valence-electron chi connectivity index (χ2n) is 13.6. The van der Waals surface area contributed by atoms with Gasteiger partial charge in [-0.1, -0.05) is 58.0 Å². The van der Waals surface area contributed by atoms with Gasteiger partial charge in [0.05, 0.1) is 27.6 Å². The molecule has 0 aliphatic carbocycles. The van der Waals surface area contributed by atoms with Gasteiger partial charge in [-0.25, -0.2) is 4.98 Å². The van der Waals surface area contributed by atoms with Crippen LogP contribution < -0.4 is 10.6 Å². The predicted molar refractivity (Wildman–Crippen MR) is 231 cm³/mol. The standard InChI is InChI=1S/C22H23N5O2.C22H23N5OS/c2*1-3-27(4-2)13-15-6-5-7-17(10-15)24-22(28)21-18-11-16(20-12-23-14-29-20)8-9-19(18)25-26-21/h2*5-12,14H,3-4,13H2,1-2H3,(H,24,28)(H,25,26). The van der Waals surface area contributed by atoms with Gasteiger partial charge in [0, 0.05) is 47.0 Å². The van der Waals surface area contributed by atoms with E-state index >= 15 is 0 Å². The smallest absolute Gasteiger partial charge is 0.276 e. The van der Waals surface area contributed by atoms with Gasteiger partial charge in [-0.05, 0) is 97.5 Å². The number of fused-ring (bicyclic) bond motifs is 2. The molecule has 0 atom stereocenters. The van der Waals surface area contributed by atoms with E-state index in [1.165, 1.54) is 12.0 Å². The van der Waals surface area contributed by atoms with Crippen LogP contribution >= 0.6 is 11.3 Å². The Kier molecular flexibility index (Phi) is 12.8. The molecule has 4 aromatic carbocycles. The van der Waals surface area contributed by atoms with Crippen LogP contribution in [0.3, 0.4) is 0 Å². The monoisotopic (exact) mass is 794 g/mol. The summed E-state index contributed by atoms with van der Waals surface area (Å²) in [6.07, 6.45) is 4.85. The van der Waals surface area contributed by atoms with E-state index in [1.807, 2.05) is 79.0 Å². The highest BCUT2D eigenvalue weighted by molar-refractivity contribution is 7.13. The summed E-state index contributed by atoms with van der Waals surface area (Å²) in [6.45, 7) is 14.3. The van der Waals surface area contributed by atoms with Crippen molar-refractivity contribution >= 4 is 56.3 Å². The molecule has 4 heterocycles. The van der Waals surface area contributed by atoms with Crippen LogP contribution in [-0.4, -0.2) is 78.2 Å². The van der Waals surface area contributed by atoms with Gasteiger partial charge in [0.25, 0.3) is 11.8 Å². The van der Waals surface area contributed by atoms with Crippen LogP contribution in [0.1, 0.15) is 59.8 Å². The molecule has 0 spiro atoms. The Bertz CT molecular complexity index is 2410. The molecule has 0 radical (unpaired) electrons. The van der Waals surface area contributed by atoms with Crippen molar-refractivity contribution < 1.29 is 14.0 Å². The minimum absolute atomic E-state index is 0.224. The van der Waals surface area contributed by atoms with Gasteiger partial charge in [0.2, 0.25) is 0 Å². The number of oxazole rings is 1. The van der Waals surface area contributed by atoms with Crippen molar-refractivity contribution in [3.8, 4) is 21.8 Å². The Labute approximate surface area is 340 Å². The second kappa shape index (κ2) is 18.6. The first kappa shape index (κ1) is 39.7. The van der Waals surface area contributed by atoms with Gasteiger partial charge >= 0.3 is 0 Å². The topological polar surface area (TPSA) is 161 Å². The van der Waals surface area contributed by atoms with E-state index in [2.05, 4.69) is 90.6 Å². The zero-order valence-corrected chi connectivity index (χ0v) is 33.8. The minimum atomic E-state index is -0.258. The van der Waals surface area contributed by atoms with E-state index < -0.39 is 0 Å². The van der Waals surface area contributed by atoms with Gasteiger partial charge in [-0.2, -0.15) is 10.2 Å². The van der Waals surface area contributed by atoms with E-state index in [0.29, 0.717) is 17.1 Å². The van der Waals surface area contributed by atoms with E-state index in [1.54, 1.807) is 23.0 Å². The second-order valence-corrected chi connectivity index (χ2v) is 14.5. The molecular weight excluding hydrogens is 749 g/mol.